The van der Waals surface area contributed by atoms with Gasteiger partial charge in [-0.15, -0.1) is 0 Å². The maximum Gasteiger partial charge on any atom is 0.269 e. The van der Waals surface area contributed by atoms with Crippen molar-refractivity contribution in [3.05, 3.63) is 93.3 Å². The summed E-state index contributed by atoms with van der Waals surface area (Å²) in [6.45, 7) is 3.30. The number of nitrogens with zero attached hydrogens (tertiary/aromatic N) is 3. The van der Waals surface area contributed by atoms with E-state index >= 15 is 0 Å². The minimum atomic E-state index is -0.0558. The van der Waals surface area contributed by atoms with E-state index in [9.17, 15) is 9.90 Å². The average molecular weight is 508 g/mol. The molecule has 0 unspecified atom stereocenters. The third kappa shape index (κ3) is 4.56. The number of phenolic OH excluding ortho intramolecular Hbond substituents is 1. The SMILES string of the molecule is CCN1C(=C2SC(=Nc3cccc(O)c3)N(CCc3ccccc3)C2=O)Sc2ccc(Cl)cc21. The second-order valence-electron chi connectivity index (χ2n) is 7.80. The Balaban J connectivity index is 1.52. The number of amides is 1. The van der Waals surface area contributed by atoms with Crippen LogP contribution in [-0.4, -0.2) is 34.2 Å². The molecule has 172 valence electrons. The summed E-state index contributed by atoms with van der Waals surface area (Å²) in [6.07, 6.45) is 0.718. The number of hydrogen-bond acceptors (Lipinski definition) is 6. The van der Waals surface area contributed by atoms with Crippen molar-refractivity contribution < 1.29 is 9.90 Å². The Labute approximate surface area is 212 Å². The fourth-order valence-corrected chi connectivity index (χ4v) is 6.48. The summed E-state index contributed by atoms with van der Waals surface area (Å²) in [7, 11) is 0. The van der Waals surface area contributed by atoms with Crippen LogP contribution in [-0.2, 0) is 11.2 Å². The van der Waals surface area contributed by atoms with Crippen molar-refractivity contribution >= 4 is 57.6 Å². The molecule has 3 aromatic rings. The molecule has 0 radical (unpaired) electrons. The van der Waals surface area contributed by atoms with Crippen molar-refractivity contribution in [2.45, 2.75) is 18.2 Å². The van der Waals surface area contributed by atoms with Gasteiger partial charge in [-0.25, -0.2) is 4.99 Å². The first-order valence-corrected chi connectivity index (χ1v) is 12.9. The normalized spacial score (nSPS) is 18.8. The van der Waals surface area contributed by atoms with Crippen molar-refractivity contribution in [1.29, 1.82) is 0 Å². The number of thioether (sulfide) groups is 2. The molecule has 1 N–H and O–H groups in total. The molecular formula is C26H22ClN3O2S2. The number of phenols is 1. The molecule has 0 spiro atoms. The van der Waals surface area contributed by atoms with Gasteiger partial charge in [0.25, 0.3) is 5.91 Å². The smallest absolute Gasteiger partial charge is 0.269 e. The molecule has 34 heavy (non-hydrogen) atoms. The van der Waals surface area contributed by atoms with Crippen LogP contribution in [0.15, 0.2) is 92.6 Å². The van der Waals surface area contributed by atoms with Gasteiger partial charge in [0, 0.05) is 29.1 Å². The van der Waals surface area contributed by atoms with Gasteiger partial charge in [0.1, 0.15) is 15.7 Å². The summed E-state index contributed by atoms with van der Waals surface area (Å²) >= 11 is 9.23. The highest BCUT2D eigenvalue weighted by molar-refractivity contribution is 8.19. The van der Waals surface area contributed by atoms with Crippen LogP contribution < -0.4 is 4.90 Å². The molecule has 1 amide bonds. The number of hydrogen-bond donors (Lipinski definition) is 1. The zero-order chi connectivity index (χ0) is 23.7. The second-order valence-corrected chi connectivity index (χ2v) is 10.2. The Bertz CT molecular complexity index is 1310. The highest BCUT2D eigenvalue weighted by atomic mass is 35.5. The Morgan fingerprint density at radius 3 is 2.56 bits per heavy atom. The van der Waals surface area contributed by atoms with Gasteiger partial charge in [0.05, 0.1) is 11.4 Å². The van der Waals surface area contributed by atoms with Crippen LogP contribution in [0.2, 0.25) is 5.02 Å². The number of anilines is 1. The number of halogens is 1. The van der Waals surface area contributed by atoms with Crippen molar-refractivity contribution in [3.63, 3.8) is 0 Å². The van der Waals surface area contributed by atoms with Crippen LogP contribution in [0.25, 0.3) is 0 Å². The van der Waals surface area contributed by atoms with Crippen molar-refractivity contribution in [2.75, 3.05) is 18.0 Å². The first-order valence-electron chi connectivity index (χ1n) is 10.9. The van der Waals surface area contributed by atoms with E-state index in [1.165, 1.54) is 11.8 Å². The number of rotatable bonds is 5. The zero-order valence-corrected chi connectivity index (χ0v) is 20.8. The number of carbonyl (C=O) groups is 1. The van der Waals surface area contributed by atoms with E-state index in [4.69, 9.17) is 16.6 Å². The summed E-state index contributed by atoms with van der Waals surface area (Å²) in [5.41, 5.74) is 2.78. The van der Waals surface area contributed by atoms with E-state index in [1.807, 2.05) is 42.5 Å². The number of carbonyl (C=O) groups excluding carboxylic acids is 1. The Morgan fingerprint density at radius 2 is 1.79 bits per heavy atom. The van der Waals surface area contributed by atoms with E-state index < -0.39 is 0 Å². The van der Waals surface area contributed by atoms with E-state index in [1.54, 1.807) is 34.9 Å². The highest BCUT2D eigenvalue weighted by Gasteiger charge is 2.39. The van der Waals surface area contributed by atoms with Crippen molar-refractivity contribution in [1.82, 2.24) is 4.90 Å². The van der Waals surface area contributed by atoms with Gasteiger partial charge in [-0.2, -0.15) is 0 Å². The topological polar surface area (TPSA) is 56.1 Å². The fourth-order valence-electron chi connectivity index (χ4n) is 3.91. The first-order chi connectivity index (χ1) is 16.5. The molecule has 2 aliphatic heterocycles. The molecule has 2 heterocycles. The molecule has 0 saturated carbocycles. The van der Waals surface area contributed by atoms with E-state index in [2.05, 4.69) is 24.0 Å². The third-order valence-electron chi connectivity index (χ3n) is 5.56. The van der Waals surface area contributed by atoms with Gasteiger partial charge < -0.3 is 10.0 Å². The van der Waals surface area contributed by atoms with Gasteiger partial charge >= 0.3 is 0 Å². The largest absolute Gasteiger partial charge is 0.508 e. The Hall–Kier alpha value is -2.87. The average Bonchev–Trinajstić information content (AvgIpc) is 3.34. The van der Waals surface area contributed by atoms with Crippen LogP contribution in [0.3, 0.4) is 0 Å². The van der Waals surface area contributed by atoms with Crippen LogP contribution >= 0.6 is 35.1 Å². The van der Waals surface area contributed by atoms with Gasteiger partial charge in [-0.05, 0) is 61.0 Å². The third-order valence-corrected chi connectivity index (χ3v) is 8.17. The lowest BCUT2D eigenvalue weighted by Gasteiger charge is -2.19. The molecule has 3 aromatic carbocycles. The molecule has 8 heteroatoms. The number of aliphatic imine (C=N–C) groups is 1. The number of fused-ring (bicyclic) bond motifs is 1. The second kappa shape index (κ2) is 9.78. The monoisotopic (exact) mass is 507 g/mol. The molecule has 0 aliphatic carbocycles. The molecule has 0 bridgehead atoms. The van der Waals surface area contributed by atoms with E-state index in [-0.39, 0.29) is 11.7 Å². The van der Waals surface area contributed by atoms with E-state index in [0.29, 0.717) is 27.3 Å². The van der Waals surface area contributed by atoms with Crippen LogP contribution in [0.5, 0.6) is 5.75 Å². The quantitative estimate of drug-likeness (QED) is 0.392. The van der Waals surface area contributed by atoms with Crippen molar-refractivity contribution in [2.24, 2.45) is 4.99 Å². The van der Waals surface area contributed by atoms with Crippen LogP contribution in [0.1, 0.15) is 12.5 Å². The van der Waals surface area contributed by atoms with Crippen molar-refractivity contribution in [3.8, 4) is 5.75 Å². The van der Waals surface area contributed by atoms with Gasteiger partial charge in [0.2, 0.25) is 0 Å². The lowest BCUT2D eigenvalue weighted by atomic mass is 10.1. The Morgan fingerprint density at radius 1 is 0.971 bits per heavy atom. The molecule has 1 saturated heterocycles. The first kappa shape index (κ1) is 22.9. The summed E-state index contributed by atoms with van der Waals surface area (Å²) in [4.78, 5) is 24.1. The van der Waals surface area contributed by atoms with E-state index in [0.717, 1.165) is 34.1 Å². The number of benzene rings is 3. The lowest BCUT2D eigenvalue weighted by molar-refractivity contribution is -0.122. The molecule has 1 fully saturated rings. The summed E-state index contributed by atoms with van der Waals surface area (Å²) in [5.74, 6) is 0.0844. The van der Waals surface area contributed by atoms with Gasteiger partial charge in [-0.1, -0.05) is 59.8 Å². The highest BCUT2D eigenvalue weighted by Crippen LogP contribution is 2.51. The lowest BCUT2D eigenvalue weighted by Crippen LogP contribution is -2.32. The standard InChI is InChI=1S/C26H22ClN3O2S2/c1-2-29-21-15-18(27)11-12-22(21)33-25(29)23-24(32)30(14-13-17-7-4-3-5-8-17)26(34-23)28-19-9-6-10-20(31)16-19/h3-12,15-16,31H,2,13-14H2,1H3. The minimum Gasteiger partial charge on any atom is -0.508 e. The number of amidine groups is 1. The molecule has 0 aromatic heterocycles. The fraction of sp³-hybridized carbons (Fsp3) is 0.154. The summed E-state index contributed by atoms with van der Waals surface area (Å²) < 4.78 is 0. The number of aromatic hydroxyl groups is 1. The van der Waals surface area contributed by atoms with Crippen LogP contribution in [0, 0.1) is 0 Å². The summed E-state index contributed by atoms with van der Waals surface area (Å²) in [6, 6.07) is 22.7. The maximum atomic E-state index is 13.7. The molecular weight excluding hydrogens is 486 g/mol. The predicted octanol–water partition coefficient (Wildman–Crippen LogP) is 6.65. The molecule has 2 aliphatic rings. The predicted molar refractivity (Wildman–Crippen MR) is 142 cm³/mol. The molecule has 5 nitrogen and oxygen atoms in total. The van der Waals surface area contributed by atoms with Crippen LogP contribution in [0.4, 0.5) is 11.4 Å². The summed E-state index contributed by atoms with van der Waals surface area (Å²) in [5, 5.41) is 12.1. The van der Waals surface area contributed by atoms with Gasteiger partial charge in [-0.3, -0.25) is 9.69 Å². The zero-order valence-electron chi connectivity index (χ0n) is 18.4. The molecule has 5 rings (SSSR count). The minimum absolute atomic E-state index is 0.0558. The van der Waals surface area contributed by atoms with Gasteiger partial charge in [0.15, 0.2) is 5.17 Å². The Kier molecular flexibility index (Phi) is 6.59. The maximum absolute atomic E-state index is 13.7. The molecule has 0 atom stereocenters.